The monoisotopic (exact) mass is 335 g/mol. The SMILES string of the molecule is CC(=O)n1cc(-c2ccsc2C(F)(F)F)c2cc(C#N)cnc21. The molecule has 116 valence electrons. The summed E-state index contributed by atoms with van der Waals surface area (Å²) in [5, 5.41) is 10.7. The van der Waals surface area contributed by atoms with Crippen LogP contribution in [0.2, 0.25) is 0 Å². The van der Waals surface area contributed by atoms with Gasteiger partial charge in [-0.15, -0.1) is 11.3 Å². The van der Waals surface area contributed by atoms with Gasteiger partial charge < -0.3 is 0 Å². The highest BCUT2D eigenvalue weighted by Crippen LogP contribution is 2.43. The summed E-state index contributed by atoms with van der Waals surface area (Å²) in [7, 11) is 0. The van der Waals surface area contributed by atoms with E-state index in [-0.39, 0.29) is 28.2 Å². The molecule has 0 aliphatic carbocycles. The summed E-state index contributed by atoms with van der Waals surface area (Å²) in [6.45, 7) is 1.29. The molecule has 3 aromatic heterocycles. The predicted molar refractivity (Wildman–Crippen MR) is 79.1 cm³/mol. The minimum absolute atomic E-state index is 0.0237. The molecule has 0 saturated heterocycles. The van der Waals surface area contributed by atoms with E-state index in [0.29, 0.717) is 16.7 Å². The third kappa shape index (κ3) is 2.49. The summed E-state index contributed by atoms with van der Waals surface area (Å²) in [6, 6.07) is 4.69. The normalized spacial score (nSPS) is 11.6. The van der Waals surface area contributed by atoms with Gasteiger partial charge >= 0.3 is 6.18 Å². The van der Waals surface area contributed by atoms with Crippen molar-refractivity contribution < 1.29 is 18.0 Å². The number of halogens is 3. The van der Waals surface area contributed by atoms with E-state index in [1.165, 1.54) is 41.4 Å². The van der Waals surface area contributed by atoms with Crippen LogP contribution in [0.5, 0.6) is 0 Å². The van der Waals surface area contributed by atoms with E-state index in [2.05, 4.69) is 4.98 Å². The zero-order valence-corrected chi connectivity index (χ0v) is 12.5. The van der Waals surface area contributed by atoms with Crippen molar-refractivity contribution in [3.8, 4) is 17.2 Å². The number of aromatic nitrogens is 2. The van der Waals surface area contributed by atoms with Crippen LogP contribution in [0.4, 0.5) is 13.2 Å². The number of pyridine rings is 1. The van der Waals surface area contributed by atoms with E-state index < -0.39 is 11.1 Å². The van der Waals surface area contributed by atoms with Crippen LogP contribution in [-0.4, -0.2) is 15.5 Å². The highest BCUT2D eigenvalue weighted by Gasteiger charge is 2.36. The van der Waals surface area contributed by atoms with Crippen molar-refractivity contribution in [1.82, 2.24) is 9.55 Å². The van der Waals surface area contributed by atoms with E-state index in [1.807, 2.05) is 6.07 Å². The van der Waals surface area contributed by atoms with Gasteiger partial charge in [0, 0.05) is 35.8 Å². The van der Waals surface area contributed by atoms with Gasteiger partial charge in [-0.2, -0.15) is 18.4 Å². The smallest absolute Gasteiger partial charge is 0.274 e. The van der Waals surface area contributed by atoms with Gasteiger partial charge in [-0.25, -0.2) is 4.98 Å². The first-order valence-electron chi connectivity index (χ1n) is 6.40. The fourth-order valence-corrected chi connectivity index (χ4v) is 3.14. The molecule has 23 heavy (non-hydrogen) atoms. The van der Waals surface area contributed by atoms with Crippen LogP contribution >= 0.6 is 11.3 Å². The van der Waals surface area contributed by atoms with Gasteiger partial charge in [0.2, 0.25) is 5.91 Å². The number of hydrogen-bond donors (Lipinski definition) is 0. The average molecular weight is 335 g/mol. The lowest BCUT2D eigenvalue weighted by Gasteiger charge is -2.06. The third-order valence-corrected chi connectivity index (χ3v) is 4.28. The standard InChI is InChI=1S/C15H8F3N3OS/c1-8(22)21-7-12(10-2-3-23-13(10)15(16,17)18)11-4-9(5-19)6-20-14(11)21/h2-4,6-7H,1H3. The minimum Gasteiger partial charge on any atom is -0.274 e. The maximum Gasteiger partial charge on any atom is 0.426 e. The van der Waals surface area contributed by atoms with Crippen LogP contribution in [0.3, 0.4) is 0 Å². The molecule has 0 spiro atoms. The molecule has 0 atom stereocenters. The molecule has 3 aromatic rings. The molecule has 0 unspecified atom stereocenters. The number of thiophene rings is 1. The zero-order valence-electron chi connectivity index (χ0n) is 11.7. The van der Waals surface area contributed by atoms with E-state index >= 15 is 0 Å². The van der Waals surface area contributed by atoms with Crippen molar-refractivity contribution in [2.24, 2.45) is 0 Å². The van der Waals surface area contributed by atoms with Crippen LogP contribution in [0.15, 0.2) is 29.9 Å². The van der Waals surface area contributed by atoms with E-state index in [4.69, 9.17) is 5.26 Å². The molecular formula is C15H8F3N3OS. The van der Waals surface area contributed by atoms with E-state index in [1.54, 1.807) is 0 Å². The van der Waals surface area contributed by atoms with Crippen molar-refractivity contribution >= 4 is 28.3 Å². The second-order valence-electron chi connectivity index (χ2n) is 4.80. The Bertz CT molecular complexity index is 963. The Balaban J connectivity index is 2.36. The Kier molecular flexibility index (Phi) is 3.45. The molecular weight excluding hydrogens is 327 g/mol. The van der Waals surface area contributed by atoms with Gasteiger partial charge in [0.15, 0.2) is 0 Å². The molecule has 0 aliphatic rings. The summed E-state index contributed by atoms with van der Waals surface area (Å²) in [5.41, 5.74) is 0.646. The molecule has 0 aromatic carbocycles. The number of carbonyl (C=O) groups is 1. The van der Waals surface area contributed by atoms with Crippen LogP contribution in [0, 0.1) is 11.3 Å². The molecule has 0 radical (unpaired) electrons. The molecule has 4 nitrogen and oxygen atoms in total. The topological polar surface area (TPSA) is 58.7 Å². The summed E-state index contributed by atoms with van der Waals surface area (Å²) in [5.74, 6) is -0.373. The number of nitrogens with zero attached hydrogens (tertiary/aromatic N) is 3. The molecule has 8 heteroatoms. The Labute approximate surface area is 132 Å². The number of hydrogen-bond acceptors (Lipinski definition) is 4. The van der Waals surface area contributed by atoms with Gasteiger partial charge in [-0.1, -0.05) is 0 Å². The summed E-state index contributed by atoms with van der Waals surface area (Å²) in [6.07, 6.45) is -1.88. The number of rotatable bonds is 1. The Morgan fingerprint density at radius 3 is 2.74 bits per heavy atom. The summed E-state index contributed by atoms with van der Waals surface area (Å²) >= 11 is 0.583. The maximum absolute atomic E-state index is 13.1. The molecule has 0 saturated carbocycles. The molecule has 0 N–H and O–H groups in total. The second kappa shape index (κ2) is 5.21. The molecule has 3 rings (SSSR count). The molecule has 0 aliphatic heterocycles. The lowest BCUT2D eigenvalue weighted by molar-refractivity contribution is -0.133. The van der Waals surface area contributed by atoms with Crippen LogP contribution in [0.1, 0.15) is 22.2 Å². The number of nitriles is 1. The molecule has 0 bridgehead atoms. The van der Waals surface area contributed by atoms with Crippen LogP contribution in [-0.2, 0) is 6.18 Å². The van der Waals surface area contributed by atoms with Crippen molar-refractivity contribution in [2.45, 2.75) is 13.1 Å². The highest BCUT2D eigenvalue weighted by atomic mass is 32.1. The van der Waals surface area contributed by atoms with Gasteiger partial charge in [-0.05, 0) is 17.5 Å². The van der Waals surface area contributed by atoms with E-state index in [0.717, 1.165) is 0 Å². The van der Waals surface area contributed by atoms with Crippen molar-refractivity contribution in [2.75, 3.05) is 0 Å². The lowest BCUT2D eigenvalue weighted by atomic mass is 10.1. The highest BCUT2D eigenvalue weighted by molar-refractivity contribution is 7.10. The quantitative estimate of drug-likeness (QED) is 0.665. The molecule has 0 fully saturated rings. The van der Waals surface area contributed by atoms with Gasteiger partial charge in [0.1, 0.15) is 16.6 Å². The first kappa shape index (κ1) is 15.2. The van der Waals surface area contributed by atoms with Crippen LogP contribution < -0.4 is 0 Å². The van der Waals surface area contributed by atoms with Crippen molar-refractivity contribution in [1.29, 1.82) is 5.26 Å². The van der Waals surface area contributed by atoms with E-state index in [9.17, 15) is 18.0 Å². The lowest BCUT2D eigenvalue weighted by Crippen LogP contribution is -2.04. The Hall–Kier alpha value is -2.66. The molecule has 0 amide bonds. The van der Waals surface area contributed by atoms with Crippen LogP contribution in [0.25, 0.3) is 22.2 Å². The fourth-order valence-electron chi connectivity index (χ4n) is 2.36. The summed E-state index contributed by atoms with van der Waals surface area (Å²) in [4.78, 5) is 15.0. The number of carbonyl (C=O) groups excluding carboxylic acids is 1. The average Bonchev–Trinajstić information content (AvgIpc) is 3.09. The summed E-state index contributed by atoms with van der Waals surface area (Å²) < 4.78 is 40.6. The Morgan fingerprint density at radius 2 is 2.13 bits per heavy atom. The van der Waals surface area contributed by atoms with Gasteiger partial charge in [0.25, 0.3) is 0 Å². The van der Waals surface area contributed by atoms with Gasteiger partial charge in [0.05, 0.1) is 5.56 Å². The van der Waals surface area contributed by atoms with Crippen molar-refractivity contribution in [3.05, 3.63) is 40.3 Å². The first-order valence-corrected chi connectivity index (χ1v) is 7.28. The largest absolute Gasteiger partial charge is 0.426 e. The zero-order chi connectivity index (χ0) is 16.8. The second-order valence-corrected chi connectivity index (χ2v) is 5.72. The van der Waals surface area contributed by atoms with Crippen molar-refractivity contribution in [3.63, 3.8) is 0 Å². The predicted octanol–water partition coefficient (Wildman–Crippen LogP) is 4.32. The minimum atomic E-state index is -4.49. The number of alkyl halides is 3. The molecule has 3 heterocycles. The fraction of sp³-hybridized carbons (Fsp3) is 0.133. The number of fused-ring (bicyclic) bond motifs is 1. The van der Waals surface area contributed by atoms with Gasteiger partial charge in [-0.3, -0.25) is 9.36 Å². The maximum atomic E-state index is 13.1. The third-order valence-electron chi connectivity index (χ3n) is 3.32. The first-order chi connectivity index (χ1) is 10.8. The Morgan fingerprint density at radius 1 is 1.39 bits per heavy atom.